The van der Waals surface area contributed by atoms with Crippen LogP contribution in [0, 0.1) is 32.6 Å². The maximum Gasteiger partial charge on any atom is 0.0151 e. The van der Waals surface area contributed by atoms with E-state index < -0.39 is 0 Å². The van der Waals surface area contributed by atoms with Crippen LogP contribution < -0.4 is 0 Å². The van der Waals surface area contributed by atoms with Gasteiger partial charge in [0.1, 0.15) is 0 Å². The molecule has 266 valence electrons. The first-order valence-corrected chi connectivity index (χ1v) is 19.4. The van der Waals surface area contributed by atoms with Crippen LogP contribution in [-0.2, 0) is 0 Å². The fourth-order valence-corrected chi connectivity index (χ4v) is 4.35. The average molecular weight is 671 g/mol. The molecule has 0 radical (unpaired) electrons. The minimum atomic E-state index is 0.708. The van der Waals surface area contributed by atoms with Crippen molar-refractivity contribution in [3.63, 3.8) is 0 Å². The third kappa shape index (κ3) is 27.5. The molecule has 0 aliphatic heterocycles. The lowest BCUT2D eigenvalue weighted by Gasteiger charge is -2.15. The van der Waals surface area contributed by atoms with E-state index in [9.17, 15) is 0 Å². The number of unbranched alkanes of at least 4 members (excludes halogenated alkanes) is 2. The molecule has 46 heavy (non-hydrogen) atoms. The Morgan fingerprint density at radius 1 is 0.848 bits per heavy atom. The van der Waals surface area contributed by atoms with Crippen molar-refractivity contribution < 1.29 is 0 Å². The first-order chi connectivity index (χ1) is 21.9. The quantitative estimate of drug-likeness (QED) is 0.110. The van der Waals surface area contributed by atoms with E-state index in [1.807, 2.05) is 6.92 Å². The number of hydrogen-bond donors (Lipinski definition) is 2. The van der Waals surface area contributed by atoms with Crippen molar-refractivity contribution in [1.82, 2.24) is 0 Å². The van der Waals surface area contributed by atoms with Crippen molar-refractivity contribution >= 4 is 30.8 Å². The summed E-state index contributed by atoms with van der Waals surface area (Å²) in [6, 6.07) is 4.58. The Morgan fingerprint density at radius 2 is 1.33 bits per heavy atom. The van der Waals surface area contributed by atoms with Gasteiger partial charge in [-0.3, -0.25) is 0 Å². The number of allylic oxidation sites excluding steroid dienone is 6. The Morgan fingerprint density at radius 3 is 1.63 bits per heavy atom. The number of rotatable bonds is 14. The Hall–Kier alpha value is -1.64. The fraction of sp³-hybridized carbons (Fsp3) is 0.591. The normalized spacial score (nSPS) is 11.9. The number of aryl methyl sites for hydroxylation is 2. The summed E-state index contributed by atoms with van der Waals surface area (Å²) in [6.07, 6.45) is 20.4. The lowest BCUT2D eigenvalue weighted by molar-refractivity contribution is 0.463. The van der Waals surface area contributed by atoms with Crippen LogP contribution >= 0.6 is 25.3 Å². The maximum absolute atomic E-state index is 4.28. The molecule has 0 unspecified atom stereocenters. The monoisotopic (exact) mass is 671 g/mol. The average Bonchev–Trinajstić information content (AvgIpc) is 3.92. The molecule has 0 bridgehead atoms. The predicted octanol–water partition coefficient (Wildman–Crippen LogP) is 15.5. The minimum absolute atomic E-state index is 0.708. The molecule has 1 saturated carbocycles. The molecule has 1 aliphatic rings. The van der Waals surface area contributed by atoms with Crippen molar-refractivity contribution in [2.45, 2.75) is 147 Å². The van der Waals surface area contributed by atoms with Crippen LogP contribution in [-0.4, -0.2) is 12.0 Å². The minimum Gasteiger partial charge on any atom is -0.183 e. The molecule has 2 heteroatoms. The van der Waals surface area contributed by atoms with Gasteiger partial charge in [-0.1, -0.05) is 143 Å². The number of hydrogen-bond acceptors (Lipinski definition) is 2. The van der Waals surface area contributed by atoms with E-state index in [-0.39, 0.29) is 0 Å². The molecule has 2 rings (SSSR count). The van der Waals surface area contributed by atoms with Gasteiger partial charge in [0.15, 0.2) is 0 Å². The molecule has 1 aromatic carbocycles. The van der Waals surface area contributed by atoms with Gasteiger partial charge in [0, 0.05) is 5.75 Å². The molecule has 1 aliphatic carbocycles. The van der Waals surface area contributed by atoms with Crippen LogP contribution in [0.1, 0.15) is 148 Å². The second-order valence-corrected chi connectivity index (χ2v) is 12.5. The predicted molar refractivity (Wildman–Crippen MR) is 227 cm³/mol. The van der Waals surface area contributed by atoms with Crippen LogP contribution in [0.5, 0.6) is 0 Å². The Kier molecular flexibility index (Phi) is 38.6. The fourth-order valence-electron chi connectivity index (χ4n) is 4.10. The van der Waals surface area contributed by atoms with Gasteiger partial charge in [-0.05, 0) is 117 Å². The molecule has 0 amide bonds. The van der Waals surface area contributed by atoms with Gasteiger partial charge in [-0.2, -0.15) is 25.3 Å². The zero-order valence-corrected chi connectivity index (χ0v) is 34.7. The van der Waals surface area contributed by atoms with Gasteiger partial charge in [-0.25, -0.2) is 0 Å². The van der Waals surface area contributed by atoms with E-state index in [1.165, 1.54) is 90.3 Å². The summed E-state index contributed by atoms with van der Waals surface area (Å²) in [6.45, 7) is 42.3. The molecule has 0 atom stereocenters. The van der Waals surface area contributed by atoms with Crippen LogP contribution in [0.25, 0.3) is 5.57 Å². The van der Waals surface area contributed by atoms with Crippen LogP contribution in [0.2, 0.25) is 0 Å². The van der Waals surface area contributed by atoms with E-state index in [0.717, 1.165) is 42.2 Å². The summed E-state index contributed by atoms with van der Waals surface area (Å²) in [5, 5.41) is 0. The lowest BCUT2D eigenvalue weighted by atomic mass is 9.91. The van der Waals surface area contributed by atoms with E-state index in [2.05, 4.69) is 152 Å². The number of thiol groups is 2. The summed E-state index contributed by atoms with van der Waals surface area (Å²) in [5.41, 5.74) is 11.4. The van der Waals surface area contributed by atoms with E-state index in [1.54, 1.807) is 6.26 Å². The third-order valence-electron chi connectivity index (χ3n) is 8.38. The molecule has 0 aromatic heterocycles. The zero-order valence-electron chi connectivity index (χ0n) is 32.9. The SMILES string of the molecule is C=C.C=C(C)C(=C\CCC)/C=C(\C)C(=C)CS.C=C(CCC(CC)CC)c1cc(C)c(C)c(C)c1.CCC1CC1.CCCC.CS. The molecule has 0 nitrogen and oxygen atoms in total. The largest absolute Gasteiger partial charge is 0.183 e. The van der Waals surface area contributed by atoms with E-state index >= 15 is 0 Å². The molecule has 0 saturated heterocycles. The topological polar surface area (TPSA) is 0 Å². The highest BCUT2D eigenvalue weighted by atomic mass is 32.1. The standard InChI is InChI=1S/C18H28.C14H22S.C5H10.C4H10.C2H4.CH4S/c1-7-17(8-2)10-9-13(3)18-11-14(4)16(6)15(5)12-18;1-6-7-8-14(11(2)3)9-12(4)13(5)10-15;1-2-5-3-4-5;1-3-4-2;2*1-2/h11-12,17H,3,7-10H2,1-2,4-6H3;8-9,15H,2,5-7,10H2,1,3-4H3;5H,2-4H2,1H3;3-4H2,1-2H3;1-2H2;2H,1H3/b;12-9+,14-8-;;;;. The van der Waals surface area contributed by atoms with Crippen molar-refractivity contribution in [2.75, 3.05) is 12.0 Å². The van der Waals surface area contributed by atoms with Gasteiger partial charge < -0.3 is 0 Å². The van der Waals surface area contributed by atoms with Crippen LogP contribution in [0.15, 0.2) is 79.5 Å². The smallest absolute Gasteiger partial charge is 0.0151 e. The van der Waals surface area contributed by atoms with Crippen molar-refractivity contribution in [3.05, 3.63) is 102 Å². The molecule has 1 fully saturated rings. The first-order valence-electron chi connectivity index (χ1n) is 17.9. The van der Waals surface area contributed by atoms with Crippen LogP contribution in [0.4, 0.5) is 0 Å². The molecule has 0 N–H and O–H groups in total. The zero-order chi connectivity index (χ0) is 36.7. The highest BCUT2D eigenvalue weighted by molar-refractivity contribution is 7.80. The van der Waals surface area contributed by atoms with Gasteiger partial charge in [-0.15, -0.1) is 13.2 Å². The summed E-state index contributed by atoms with van der Waals surface area (Å²) in [4.78, 5) is 0. The van der Waals surface area contributed by atoms with Gasteiger partial charge in [0.25, 0.3) is 0 Å². The number of benzene rings is 1. The summed E-state index contributed by atoms with van der Waals surface area (Å²) < 4.78 is 0. The van der Waals surface area contributed by atoms with Crippen LogP contribution in [0.3, 0.4) is 0 Å². The van der Waals surface area contributed by atoms with Crippen molar-refractivity contribution in [1.29, 1.82) is 0 Å². The van der Waals surface area contributed by atoms with Gasteiger partial charge in [0.05, 0.1) is 0 Å². The molecule has 1 aromatic rings. The Balaban J connectivity index is -0.000000280. The summed E-state index contributed by atoms with van der Waals surface area (Å²) in [7, 11) is 0. The highest BCUT2D eigenvalue weighted by Crippen LogP contribution is 2.31. The van der Waals surface area contributed by atoms with Gasteiger partial charge in [0.2, 0.25) is 0 Å². The second kappa shape index (κ2) is 34.7. The molecular formula is C44H78S2. The Labute approximate surface area is 301 Å². The molecule has 0 heterocycles. The first kappa shape index (κ1) is 51.2. The Bertz CT molecular complexity index is 958. The summed E-state index contributed by atoms with van der Waals surface area (Å²) >= 11 is 7.75. The molecule has 0 spiro atoms. The van der Waals surface area contributed by atoms with Crippen molar-refractivity contribution in [3.8, 4) is 0 Å². The molecular weight excluding hydrogens is 593 g/mol. The third-order valence-corrected chi connectivity index (χ3v) is 8.77. The van der Waals surface area contributed by atoms with Gasteiger partial charge >= 0.3 is 0 Å². The summed E-state index contributed by atoms with van der Waals surface area (Å²) in [5.74, 6) is 2.70. The highest BCUT2D eigenvalue weighted by Gasteiger charge is 2.17. The second-order valence-electron chi connectivity index (χ2n) is 12.2. The van der Waals surface area contributed by atoms with Crippen molar-refractivity contribution in [2.24, 2.45) is 11.8 Å². The maximum atomic E-state index is 4.28. The van der Waals surface area contributed by atoms with E-state index in [0.29, 0.717) is 5.75 Å². The van der Waals surface area contributed by atoms with E-state index in [4.69, 9.17) is 0 Å². The lowest BCUT2D eigenvalue weighted by Crippen LogP contribution is -1.98.